The summed E-state index contributed by atoms with van der Waals surface area (Å²) in [5.74, 6) is 0.823. The number of halogens is 1. The van der Waals surface area contributed by atoms with Gasteiger partial charge in [0, 0.05) is 0 Å². The van der Waals surface area contributed by atoms with Gasteiger partial charge in [-0.05, 0) is 37.1 Å². The lowest BCUT2D eigenvalue weighted by Crippen LogP contribution is -2.34. The van der Waals surface area contributed by atoms with E-state index in [1.54, 1.807) is 0 Å². The molecule has 1 rings (SSSR count). The number of rotatable bonds is 3. The molecule has 0 saturated heterocycles. The fourth-order valence-corrected chi connectivity index (χ4v) is 2.13. The molecule has 0 atom stereocenters. The van der Waals surface area contributed by atoms with Crippen LogP contribution in [-0.4, -0.2) is 13.2 Å². The summed E-state index contributed by atoms with van der Waals surface area (Å²) in [6.45, 7) is 2.74. The van der Waals surface area contributed by atoms with Crippen LogP contribution < -0.4 is 5.73 Å². The van der Waals surface area contributed by atoms with Crippen LogP contribution in [0.4, 0.5) is 4.39 Å². The third-order valence-corrected chi connectivity index (χ3v) is 3.39. The quantitative estimate of drug-likeness (QED) is 0.697. The summed E-state index contributed by atoms with van der Waals surface area (Å²) in [6, 6.07) is 0. The highest BCUT2D eigenvalue weighted by Gasteiger charge is 2.32. The first kappa shape index (κ1) is 9.97. The summed E-state index contributed by atoms with van der Waals surface area (Å²) in [6.07, 6.45) is 5.41. The molecule has 0 aromatic rings. The van der Waals surface area contributed by atoms with Gasteiger partial charge in [0.05, 0.1) is 6.67 Å². The first-order valence-corrected chi connectivity index (χ1v) is 4.98. The Labute approximate surface area is 74.5 Å². The van der Waals surface area contributed by atoms with Crippen LogP contribution in [0.2, 0.25) is 0 Å². The number of nitrogens with two attached hydrogens (primary N) is 1. The molecule has 1 aliphatic rings. The van der Waals surface area contributed by atoms with E-state index in [1.165, 1.54) is 12.8 Å². The summed E-state index contributed by atoms with van der Waals surface area (Å²) in [4.78, 5) is 0. The molecule has 0 aromatic heterocycles. The van der Waals surface area contributed by atoms with Gasteiger partial charge in [-0.3, -0.25) is 4.39 Å². The summed E-state index contributed by atoms with van der Waals surface area (Å²) in [7, 11) is 0. The predicted octanol–water partition coefficient (Wildman–Crippen LogP) is 2.50. The van der Waals surface area contributed by atoms with E-state index in [2.05, 4.69) is 6.92 Å². The summed E-state index contributed by atoms with van der Waals surface area (Å²) in [5, 5.41) is 0. The van der Waals surface area contributed by atoms with Crippen LogP contribution >= 0.6 is 0 Å². The standard InChI is InChI=1S/C10H20FN/c1-9-2-4-10(8-12,5-3-9)6-7-11/h9H,2-8,12H2,1H3. The van der Waals surface area contributed by atoms with E-state index in [1.807, 2.05) is 0 Å². The topological polar surface area (TPSA) is 26.0 Å². The molecule has 2 N–H and O–H groups in total. The Morgan fingerprint density at radius 3 is 2.42 bits per heavy atom. The Morgan fingerprint density at radius 2 is 2.00 bits per heavy atom. The summed E-state index contributed by atoms with van der Waals surface area (Å²) >= 11 is 0. The molecule has 12 heavy (non-hydrogen) atoms. The largest absolute Gasteiger partial charge is 0.330 e. The molecule has 0 amide bonds. The van der Waals surface area contributed by atoms with Gasteiger partial charge in [-0.2, -0.15) is 0 Å². The van der Waals surface area contributed by atoms with Crippen molar-refractivity contribution in [2.24, 2.45) is 17.1 Å². The Balaban J connectivity index is 2.45. The Kier molecular flexibility index (Phi) is 3.51. The van der Waals surface area contributed by atoms with E-state index < -0.39 is 0 Å². The molecule has 1 aliphatic carbocycles. The van der Waals surface area contributed by atoms with Crippen molar-refractivity contribution < 1.29 is 4.39 Å². The molecule has 0 spiro atoms. The Bertz CT molecular complexity index is 128. The maximum absolute atomic E-state index is 12.3. The van der Waals surface area contributed by atoms with Crippen LogP contribution in [0.3, 0.4) is 0 Å². The first-order valence-electron chi connectivity index (χ1n) is 4.98. The van der Waals surface area contributed by atoms with Crippen LogP contribution in [0.25, 0.3) is 0 Å². The first-order chi connectivity index (χ1) is 5.72. The number of hydrogen-bond acceptors (Lipinski definition) is 1. The molecule has 1 saturated carbocycles. The number of alkyl halides is 1. The summed E-state index contributed by atoms with van der Waals surface area (Å²) < 4.78 is 12.3. The van der Waals surface area contributed by atoms with Gasteiger partial charge < -0.3 is 5.73 Å². The third kappa shape index (κ3) is 2.19. The van der Waals surface area contributed by atoms with Crippen molar-refractivity contribution in [2.75, 3.05) is 13.2 Å². The lowest BCUT2D eigenvalue weighted by atomic mass is 9.69. The molecule has 0 unspecified atom stereocenters. The Hall–Kier alpha value is -0.110. The van der Waals surface area contributed by atoms with Crippen LogP contribution in [-0.2, 0) is 0 Å². The molecule has 0 radical (unpaired) electrons. The zero-order valence-corrected chi connectivity index (χ0v) is 7.98. The van der Waals surface area contributed by atoms with Crippen LogP contribution in [0.1, 0.15) is 39.0 Å². The van der Waals surface area contributed by atoms with Crippen molar-refractivity contribution in [3.8, 4) is 0 Å². The minimum atomic E-state index is -0.203. The van der Waals surface area contributed by atoms with Gasteiger partial charge in [0.1, 0.15) is 0 Å². The van der Waals surface area contributed by atoms with Crippen molar-refractivity contribution in [3.63, 3.8) is 0 Å². The number of hydrogen-bond donors (Lipinski definition) is 1. The highest BCUT2D eigenvalue weighted by Crippen LogP contribution is 2.40. The van der Waals surface area contributed by atoms with E-state index in [0.717, 1.165) is 18.8 Å². The maximum Gasteiger partial charge on any atom is 0.0900 e. The van der Waals surface area contributed by atoms with E-state index in [-0.39, 0.29) is 12.1 Å². The molecule has 0 heterocycles. The second-order valence-electron chi connectivity index (χ2n) is 4.33. The molecule has 0 aliphatic heterocycles. The van der Waals surface area contributed by atoms with E-state index in [9.17, 15) is 4.39 Å². The highest BCUT2D eigenvalue weighted by atomic mass is 19.1. The average molecular weight is 173 g/mol. The molecule has 1 nitrogen and oxygen atoms in total. The summed E-state index contributed by atoms with van der Waals surface area (Å²) in [5.41, 5.74) is 5.86. The monoisotopic (exact) mass is 173 g/mol. The van der Waals surface area contributed by atoms with Crippen molar-refractivity contribution in [2.45, 2.75) is 39.0 Å². The zero-order chi connectivity index (χ0) is 9.03. The van der Waals surface area contributed by atoms with Crippen molar-refractivity contribution in [3.05, 3.63) is 0 Å². The fourth-order valence-electron chi connectivity index (χ4n) is 2.13. The van der Waals surface area contributed by atoms with Gasteiger partial charge >= 0.3 is 0 Å². The second-order valence-corrected chi connectivity index (χ2v) is 4.33. The van der Waals surface area contributed by atoms with Gasteiger partial charge in [-0.1, -0.05) is 19.8 Å². The molecule has 2 heteroatoms. The fraction of sp³-hybridized carbons (Fsp3) is 1.00. The zero-order valence-electron chi connectivity index (χ0n) is 7.98. The molecule has 0 bridgehead atoms. The van der Waals surface area contributed by atoms with Crippen LogP contribution in [0.15, 0.2) is 0 Å². The van der Waals surface area contributed by atoms with Gasteiger partial charge in [-0.15, -0.1) is 0 Å². The lowest BCUT2D eigenvalue weighted by molar-refractivity contribution is 0.138. The highest BCUT2D eigenvalue weighted by molar-refractivity contribution is 4.85. The van der Waals surface area contributed by atoms with Gasteiger partial charge in [0.2, 0.25) is 0 Å². The molecule has 1 fully saturated rings. The van der Waals surface area contributed by atoms with Gasteiger partial charge in [-0.25, -0.2) is 0 Å². The lowest BCUT2D eigenvalue weighted by Gasteiger charge is -2.38. The minimum Gasteiger partial charge on any atom is -0.330 e. The minimum absolute atomic E-state index is 0.154. The third-order valence-electron chi connectivity index (χ3n) is 3.39. The van der Waals surface area contributed by atoms with Crippen LogP contribution in [0.5, 0.6) is 0 Å². The normalized spacial score (nSPS) is 36.8. The average Bonchev–Trinajstić information content (AvgIpc) is 2.10. The molecule has 0 aromatic carbocycles. The van der Waals surface area contributed by atoms with Crippen molar-refractivity contribution in [1.82, 2.24) is 0 Å². The van der Waals surface area contributed by atoms with E-state index in [4.69, 9.17) is 5.73 Å². The molecular weight excluding hydrogens is 153 g/mol. The van der Waals surface area contributed by atoms with Gasteiger partial charge in [0.25, 0.3) is 0 Å². The second kappa shape index (κ2) is 4.22. The maximum atomic E-state index is 12.3. The van der Waals surface area contributed by atoms with Crippen molar-refractivity contribution in [1.29, 1.82) is 0 Å². The van der Waals surface area contributed by atoms with Gasteiger partial charge in [0.15, 0.2) is 0 Å². The SMILES string of the molecule is CC1CCC(CN)(CCF)CC1. The van der Waals surface area contributed by atoms with Crippen molar-refractivity contribution >= 4 is 0 Å². The van der Waals surface area contributed by atoms with E-state index in [0.29, 0.717) is 13.0 Å². The smallest absolute Gasteiger partial charge is 0.0900 e. The Morgan fingerprint density at radius 1 is 1.42 bits per heavy atom. The van der Waals surface area contributed by atoms with E-state index >= 15 is 0 Å². The predicted molar refractivity (Wildman–Crippen MR) is 49.7 cm³/mol. The molecular formula is C10H20FN. The molecule has 72 valence electrons. The van der Waals surface area contributed by atoms with Crippen LogP contribution in [0, 0.1) is 11.3 Å².